The van der Waals surface area contributed by atoms with Crippen molar-refractivity contribution in [1.29, 1.82) is 0 Å². The van der Waals surface area contributed by atoms with Gasteiger partial charge in [0.15, 0.2) is 11.5 Å². The topological polar surface area (TPSA) is 44.3 Å². The summed E-state index contributed by atoms with van der Waals surface area (Å²) in [6, 6.07) is 14.5. The summed E-state index contributed by atoms with van der Waals surface area (Å²) in [5.41, 5.74) is 3.64. The Hall–Kier alpha value is -2.04. The predicted molar refractivity (Wildman–Crippen MR) is 98.0 cm³/mol. The smallest absolute Gasteiger partial charge is 0.161 e. The van der Waals surface area contributed by atoms with Crippen molar-refractivity contribution in [2.24, 2.45) is 0 Å². The minimum atomic E-state index is 0.416. The molecule has 1 aliphatic heterocycles. The quantitative estimate of drug-likeness (QED) is 0.802. The molecular weight excluding hydrogens is 314 g/mol. The monoisotopic (exact) mass is 342 g/mol. The van der Waals surface area contributed by atoms with Crippen LogP contribution in [0.15, 0.2) is 42.5 Å². The van der Waals surface area contributed by atoms with Gasteiger partial charge in [0.1, 0.15) is 25.8 Å². The van der Waals surface area contributed by atoms with Crippen molar-refractivity contribution in [3.63, 3.8) is 0 Å². The molecule has 0 amide bonds. The van der Waals surface area contributed by atoms with E-state index in [1.54, 1.807) is 7.11 Å². The van der Waals surface area contributed by atoms with E-state index in [2.05, 4.69) is 48.6 Å². The van der Waals surface area contributed by atoms with E-state index < -0.39 is 0 Å². The van der Waals surface area contributed by atoms with Crippen molar-refractivity contribution in [3.05, 3.63) is 59.2 Å². The van der Waals surface area contributed by atoms with Crippen LogP contribution in [0.5, 0.6) is 11.5 Å². The molecule has 2 aromatic carbocycles. The van der Waals surface area contributed by atoms with Crippen LogP contribution < -0.4 is 14.8 Å². The Morgan fingerprint density at radius 2 is 2.04 bits per heavy atom. The van der Waals surface area contributed by atoms with Crippen LogP contribution in [-0.4, -0.2) is 26.4 Å². The number of nitrogens with two attached hydrogens (primary N) is 1. The zero-order valence-corrected chi connectivity index (χ0v) is 15.2. The number of hydrogen-bond acceptors (Lipinski definition) is 3. The number of ether oxygens (including phenoxy) is 3. The number of methoxy groups -OCH3 is 1. The van der Waals surface area contributed by atoms with Crippen LogP contribution in [0.4, 0.5) is 0 Å². The van der Waals surface area contributed by atoms with E-state index in [1.165, 1.54) is 24.0 Å². The van der Waals surface area contributed by atoms with Gasteiger partial charge in [0.25, 0.3) is 0 Å². The van der Waals surface area contributed by atoms with Crippen LogP contribution in [0, 0.1) is 6.92 Å². The Labute approximate surface area is 150 Å². The molecule has 4 nitrogen and oxygen atoms in total. The van der Waals surface area contributed by atoms with Gasteiger partial charge in [-0.05, 0) is 43.5 Å². The van der Waals surface area contributed by atoms with Crippen LogP contribution in [0.2, 0.25) is 0 Å². The van der Waals surface area contributed by atoms with Crippen LogP contribution in [0.1, 0.15) is 29.5 Å². The average molecular weight is 342 g/mol. The van der Waals surface area contributed by atoms with E-state index in [-0.39, 0.29) is 0 Å². The maximum Gasteiger partial charge on any atom is 0.161 e. The molecule has 4 heteroatoms. The standard InChI is InChI=1S/C21H27NO3/c1-16-5-3-6-18(11-16)15-25-20-9-8-17(12-21(20)23-2)13-22-14-19-7-4-10-24-19/h3,5-6,8-9,11-12,19,22H,4,7,10,13-15H2,1-2H3/p+1/t19-/m1/s1. The SMILES string of the molecule is COc1cc(C[NH2+]C[C@H]2CCCO2)ccc1OCc1cccc(C)c1. The first-order valence-electron chi connectivity index (χ1n) is 9.03. The van der Waals surface area contributed by atoms with Crippen molar-refractivity contribution >= 4 is 0 Å². The van der Waals surface area contributed by atoms with Gasteiger partial charge >= 0.3 is 0 Å². The lowest BCUT2D eigenvalue weighted by Gasteiger charge is -2.13. The summed E-state index contributed by atoms with van der Waals surface area (Å²) in [4.78, 5) is 0. The van der Waals surface area contributed by atoms with Crippen molar-refractivity contribution in [2.75, 3.05) is 20.3 Å². The number of rotatable bonds is 8. The summed E-state index contributed by atoms with van der Waals surface area (Å²) in [7, 11) is 1.69. The van der Waals surface area contributed by atoms with Gasteiger partial charge in [-0.3, -0.25) is 0 Å². The fraction of sp³-hybridized carbons (Fsp3) is 0.429. The molecule has 1 aliphatic rings. The van der Waals surface area contributed by atoms with Gasteiger partial charge in [0.05, 0.1) is 7.11 Å². The summed E-state index contributed by atoms with van der Waals surface area (Å²) in [5.74, 6) is 1.57. The molecule has 0 aromatic heterocycles. The molecule has 3 rings (SSSR count). The summed E-state index contributed by atoms with van der Waals surface area (Å²) in [6.45, 7) is 5.50. The molecule has 1 saturated heterocycles. The molecule has 0 spiro atoms. The lowest BCUT2D eigenvalue weighted by molar-refractivity contribution is -0.676. The maximum atomic E-state index is 5.95. The van der Waals surface area contributed by atoms with E-state index in [0.29, 0.717) is 12.7 Å². The Balaban J connectivity index is 1.55. The van der Waals surface area contributed by atoms with Crippen molar-refractivity contribution in [3.8, 4) is 11.5 Å². The minimum Gasteiger partial charge on any atom is -0.493 e. The van der Waals surface area contributed by atoms with E-state index in [1.807, 2.05) is 6.07 Å². The second-order valence-corrected chi connectivity index (χ2v) is 6.63. The number of quaternary nitrogens is 1. The number of benzene rings is 2. The largest absolute Gasteiger partial charge is 0.493 e. The molecule has 25 heavy (non-hydrogen) atoms. The van der Waals surface area contributed by atoms with E-state index in [4.69, 9.17) is 14.2 Å². The molecule has 2 N–H and O–H groups in total. The molecule has 1 fully saturated rings. The molecule has 2 aromatic rings. The van der Waals surface area contributed by atoms with Gasteiger partial charge < -0.3 is 19.5 Å². The van der Waals surface area contributed by atoms with Gasteiger partial charge in [-0.25, -0.2) is 0 Å². The van der Waals surface area contributed by atoms with Crippen molar-refractivity contribution < 1.29 is 19.5 Å². The first-order chi connectivity index (χ1) is 12.2. The normalized spacial score (nSPS) is 16.8. The highest BCUT2D eigenvalue weighted by Crippen LogP contribution is 2.28. The van der Waals surface area contributed by atoms with Crippen LogP contribution >= 0.6 is 0 Å². The third-order valence-corrected chi connectivity index (χ3v) is 4.54. The van der Waals surface area contributed by atoms with Crippen LogP contribution in [0.3, 0.4) is 0 Å². The number of hydrogen-bond donors (Lipinski definition) is 1. The van der Waals surface area contributed by atoms with Gasteiger partial charge in [0, 0.05) is 12.2 Å². The summed E-state index contributed by atoms with van der Waals surface area (Å²) in [6.07, 6.45) is 2.80. The lowest BCUT2D eigenvalue weighted by atomic mass is 10.1. The molecule has 0 bridgehead atoms. The van der Waals surface area contributed by atoms with Crippen molar-refractivity contribution in [1.82, 2.24) is 0 Å². The Kier molecular flexibility index (Phi) is 6.31. The first kappa shape index (κ1) is 17.8. The molecule has 0 radical (unpaired) electrons. The second-order valence-electron chi connectivity index (χ2n) is 6.63. The Morgan fingerprint density at radius 3 is 2.80 bits per heavy atom. The highest BCUT2D eigenvalue weighted by atomic mass is 16.5. The first-order valence-corrected chi connectivity index (χ1v) is 9.03. The molecule has 1 atom stereocenters. The highest BCUT2D eigenvalue weighted by Gasteiger charge is 2.17. The fourth-order valence-electron chi connectivity index (χ4n) is 3.19. The average Bonchev–Trinajstić information content (AvgIpc) is 3.14. The summed E-state index contributed by atoms with van der Waals surface area (Å²) >= 11 is 0. The second kappa shape index (κ2) is 8.88. The van der Waals surface area contributed by atoms with Crippen LogP contribution in [-0.2, 0) is 17.9 Å². The van der Waals surface area contributed by atoms with Crippen molar-refractivity contribution in [2.45, 2.75) is 39.0 Å². The molecular formula is C21H28NO3+. The van der Waals surface area contributed by atoms with E-state index in [0.717, 1.165) is 36.8 Å². The van der Waals surface area contributed by atoms with Gasteiger partial charge in [-0.2, -0.15) is 0 Å². The maximum absolute atomic E-state index is 5.95. The summed E-state index contributed by atoms with van der Waals surface area (Å²) in [5, 5.41) is 2.30. The van der Waals surface area contributed by atoms with Gasteiger partial charge in [-0.1, -0.05) is 29.8 Å². The Morgan fingerprint density at radius 1 is 1.12 bits per heavy atom. The van der Waals surface area contributed by atoms with Gasteiger partial charge in [0.2, 0.25) is 0 Å². The fourth-order valence-corrected chi connectivity index (χ4v) is 3.19. The highest BCUT2D eigenvalue weighted by molar-refractivity contribution is 5.43. The van der Waals surface area contributed by atoms with Gasteiger partial charge in [-0.15, -0.1) is 0 Å². The number of aryl methyl sites for hydroxylation is 1. The lowest BCUT2D eigenvalue weighted by Crippen LogP contribution is -2.84. The predicted octanol–water partition coefficient (Wildman–Crippen LogP) is 2.83. The van der Waals surface area contributed by atoms with E-state index >= 15 is 0 Å². The molecule has 134 valence electrons. The Bertz CT molecular complexity index is 681. The van der Waals surface area contributed by atoms with Crippen LogP contribution in [0.25, 0.3) is 0 Å². The third kappa shape index (κ3) is 5.21. The van der Waals surface area contributed by atoms with E-state index in [9.17, 15) is 0 Å². The zero-order chi connectivity index (χ0) is 17.5. The summed E-state index contributed by atoms with van der Waals surface area (Å²) < 4.78 is 17.1. The molecule has 1 heterocycles. The zero-order valence-electron chi connectivity index (χ0n) is 15.2. The molecule has 0 saturated carbocycles. The third-order valence-electron chi connectivity index (χ3n) is 4.54. The molecule has 0 aliphatic carbocycles. The molecule has 0 unspecified atom stereocenters. The minimum absolute atomic E-state index is 0.416.